The Morgan fingerprint density at radius 3 is 2.69 bits per heavy atom. The molecule has 5 nitrogen and oxygen atoms in total. The fourth-order valence-corrected chi connectivity index (χ4v) is 4.84. The zero-order valence-electron chi connectivity index (χ0n) is 16.1. The summed E-state index contributed by atoms with van der Waals surface area (Å²) in [6.45, 7) is 3.79. The van der Waals surface area contributed by atoms with E-state index in [2.05, 4.69) is 21.8 Å². The first-order valence-electron chi connectivity index (χ1n) is 10.5. The number of carbonyl (C=O) groups excluding carboxylic acids is 1. The molecule has 1 saturated heterocycles. The summed E-state index contributed by atoms with van der Waals surface area (Å²) in [5.41, 5.74) is 2.52. The molecule has 5 heteroatoms. The number of nitrogens with zero attached hydrogens (tertiary/aromatic N) is 4. The molecule has 4 rings (SSSR count). The molecular formula is C21H32N4O. The van der Waals surface area contributed by atoms with Crippen LogP contribution >= 0.6 is 0 Å². The minimum Gasteiger partial charge on any atom is -0.343 e. The number of carbonyl (C=O) groups is 1. The maximum Gasteiger partial charge on any atom is 0.222 e. The molecule has 1 amide bonds. The third-order valence-corrected chi connectivity index (χ3v) is 6.60. The quantitative estimate of drug-likeness (QED) is 0.832. The van der Waals surface area contributed by atoms with Gasteiger partial charge in [-0.25, -0.2) is 9.97 Å². The highest BCUT2D eigenvalue weighted by atomic mass is 16.2. The van der Waals surface area contributed by atoms with E-state index in [0.717, 1.165) is 70.0 Å². The number of rotatable bonds is 4. The Kier molecular flexibility index (Phi) is 5.53. The van der Waals surface area contributed by atoms with Gasteiger partial charge in [0.2, 0.25) is 5.91 Å². The van der Waals surface area contributed by atoms with Crippen molar-refractivity contribution >= 4 is 5.91 Å². The van der Waals surface area contributed by atoms with Crippen molar-refractivity contribution in [2.75, 3.05) is 26.7 Å². The number of aromatic nitrogens is 2. The summed E-state index contributed by atoms with van der Waals surface area (Å²) in [6, 6.07) is 0. The van der Waals surface area contributed by atoms with Crippen LogP contribution < -0.4 is 0 Å². The second-order valence-electron chi connectivity index (χ2n) is 8.53. The van der Waals surface area contributed by atoms with Crippen molar-refractivity contribution < 1.29 is 4.79 Å². The molecule has 0 bridgehead atoms. The molecule has 0 unspecified atom stereocenters. The number of piperidine rings is 1. The summed E-state index contributed by atoms with van der Waals surface area (Å²) in [6.07, 6.45) is 12.3. The average molecular weight is 357 g/mol. The van der Waals surface area contributed by atoms with Gasteiger partial charge in [-0.1, -0.05) is 25.7 Å². The first-order valence-corrected chi connectivity index (χ1v) is 10.5. The van der Waals surface area contributed by atoms with Crippen LogP contribution in [0.25, 0.3) is 0 Å². The highest BCUT2D eigenvalue weighted by Crippen LogP contribution is 2.30. The molecule has 0 radical (unpaired) electrons. The van der Waals surface area contributed by atoms with Crippen molar-refractivity contribution in [2.45, 2.75) is 70.3 Å². The van der Waals surface area contributed by atoms with Gasteiger partial charge in [0.05, 0.1) is 0 Å². The number of likely N-dealkylation sites (tertiary alicyclic amines) is 1. The monoisotopic (exact) mass is 356 g/mol. The number of hydrogen-bond acceptors (Lipinski definition) is 4. The molecule has 0 atom stereocenters. The Balaban J connectivity index is 1.28. The lowest BCUT2D eigenvalue weighted by molar-refractivity contribution is -0.132. The number of likely N-dealkylation sites (N-methyl/N-ethyl adjacent to an activating group) is 1. The Labute approximate surface area is 157 Å². The van der Waals surface area contributed by atoms with Crippen LogP contribution in [0.4, 0.5) is 0 Å². The lowest BCUT2D eigenvalue weighted by Gasteiger charge is -2.32. The topological polar surface area (TPSA) is 49.3 Å². The fraction of sp³-hybridized carbons (Fsp3) is 0.762. The summed E-state index contributed by atoms with van der Waals surface area (Å²) < 4.78 is 0. The molecule has 1 saturated carbocycles. The highest BCUT2D eigenvalue weighted by molar-refractivity contribution is 5.76. The second kappa shape index (κ2) is 8.03. The third-order valence-electron chi connectivity index (χ3n) is 6.60. The average Bonchev–Trinajstić information content (AvgIpc) is 3.19. The molecular weight excluding hydrogens is 324 g/mol. The van der Waals surface area contributed by atoms with Crippen LogP contribution in [0.3, 0.4) is 0 Å². The van der Waals surface area contributed by atoms with Gasteiger partial charge in [-0.2, -0.15) is 0 Å². The van der Waals surface area contributed by atoms with Crippen LogP contribution in [0.1, 0.15) is 74.4 Å². The molecule has 1 aromatic heterocycles. The minimum atomic E-state index is 0.366. The van der Waals surface area contributed by atoms with Gasteiger partial charge in [-0.05, 0) is 32.2 Å². The van der Waals surface area contributed by atoms with Crippen molar-refractivity contribution in [3.8, 4) is 0 Å². The molecule has 1 aromatic rings. The van der Waals surface area contributed by atoms with Gasteiger partial charge < -0.3 is 9.80 Å². The van der Waals surface area contributed by atoms with E-state index in [0.29, 0.717) is 11.8 Å². The van der Waals surface area contributed by atoms with Gasteiger partial charge in [-0.15, -0.1) is 0 Å². The minimum absolute atomic E-state index is 0.366. The molecule has 1 aliphatic carbocycles. The summed E-state index contributed by atoms with van der Waals surface area (Å²) in [5, 5.41) is 0. The van der Waals surface area contributed by atoms with Gasteiger partial charge in [0.1, 0.15) is 5.82 Å². The lowest BCUT2D eigenvalue weighted by atomic mass is 9.94. The van der Waals surface area contributed by atoms with E-state index < -0.39 is 0 Å². The highest BCUT2D eigenvalue weighted by Gasteiger charge is 2.27. The van der Waals surface area contributed by atoms with Gasteiger partial charge in [0.15, 0.2) is 0 Å². The first kappa shape index (κ1) is 17.9. The van der Waals surface area contributed by atoms with Crippen molar-refractivity contribution in [1.82, 2.24) is 19.8 Å². The van der Waals surface area contributed by atoms with Crippen LogP contribution in [0.5, 0.6) is 0 Å². The van der Waals surface area contributed by atoms with E-state index in [9.17, 15) is 4.79 Å². The molecule has 2 aliphatic heterocycles. The number of amides is 1. The van der Waals surface area contributed by atoms with E-state index in [1.165, 1.54) is 36.9 Å². The molecule has 142 valence electrons. The fourth-order valence-electron chi connectivity index (χ4n) is 4.84. The van der Waals surface area contributed by atoms with Crippen molar-refractivity contribution in [1.29, 1.82) is 0 Å². The van der Waals surface area contributed by atoms with E-state index in [4.69, 9.17) is 4.98 Å². The van der Waals surface area contributed by atoms with Crippen LogP contribution in [0.15, 0.2) is 6.20 Å². The summed E-state index contributed by atoms with van der Waals surface area (Å²) in [4.78, 5) is 26.5. The molecule has 0 aromatic carbocycles. The van der Waals surface area contributed by atoms with E-state index >= 15 is 0 Å². The molecule has 0 spiro atoms. The van der Waals surface area contributed by atoms with Crippen molar-refractivity contribution in [2.24, 2.45) is 5.92 Å². The van der Waals surface area contributed by atoms with Crippen molar-refractivity contribution in [3.63, 3.8) is 0 Å². The standard InChI is InChI=1S/C21H32N4O/c1-24-11-10-19-18(15-24)14-22-21(23-19)17-8-12-25(13-9-17)20(26)7-6-16-4-2-3-5-16/h14,16-17H,2-13,15H2,1H3. The molecule has 3 aliphatic rings. The van der Waals surface area contributed by atoms with E-state index in [1.807, 2.05) is 6.20 Å². The summed E-state index contributed by atoms with van der Waals surface area (Å²) in [5.74, 6) is 2.59. The lowest BCUT2D eigenvalue weighted by Crippen LogP contribution is -2.38. The normalized spacial score (nSPS) is 22.6. The molecule has 2 fully saturated rings. The Bertz CT molecular complexity index is 633. The van der Waals surface area contributed by atoms with Gasteiger partial charge in [0, 0.05) is 62.4 Å². The zero-order valence-corrected chi connectivity index (χ0v) is 16.1. The number of hydrogen-bond donors (Lipinski definition) is 0. The van der Waals surface area contributed by atoms with Crippen LogP contribution in [0.2, 0.25) is 0 Å². The van der Waals surface area contributed by atoms with Gasteiger partial charge in [-0.3, -0.25) is 4.79 Å². The van der Waals surface area contributed by atoms with Crippen LogP contribution in [-0.4, -0.2) is 52.4 Å². The maximum atomic E-state index is 12.5. The Morgan fingerprint density at radius 1 is 1.15 bits per heavy atom. The van der Waals surface area contributed by atoms with Crippen molar-refractivity contribution in [3.05, 3.63) is 23.3 Å². The Hall–Kier alpha value is -1.49. The van der Waals surface area contributed by atoms with Gasteiger partial charge >= 0.3 is 0 Å². The van der Waals surface area contributed by atoms with E-state index in [-0.39, 0.29) is 0 Å². The maximum absolute atomic E-state index is 12.5. The third kappa shape index (κ3) is 4.08. The van der Waals surface area contributed by atoms with Gasteiger partial charge in [0.25, 0.3) is 0 Å². The molecule has 26 heavy (non-hydrogen) atoms. The number of fused-ring (bicyclic) bond motifs is 1. The van der Waals surface area contributed by atoms with Crippen LogP contribution in [0, 0.1) is 5.92 Å². The predicted molar refractivity (Wildman–Crippen MR) is 102 cm³/mol. The first-order chi connectivity index (χ1) is 12.7. The largest absolute Gasteiger partial charge is 0.343 e. The molecule has 3 heterocycles. The SMILES string of the molecule is CN1CCc2nc(C3CCN(C(=O)CCC4CCCC4)CC3)ncc2C1. The summed E-state index contributed by atoms with van der Waals surface area (Å²) in [7, 11) is 2.15. The predicted octanol–water partition coefficient (Wildman–Crippen LogP) is 3.14. The summed E-state index contributed by atoms with van der Waals surface area (Å²) >= 11 is 0. The van der Waals surface area contributed by atoms with E-state index in [1.54, 1.807) is 0 Å². The molecule has 0 N–H and O–H groups in total. The second-order valence-corrected chi connectivity index (χ2v) is 8.53. The zero-order chi connectivity index (χ0) is 17.9. The Morgan fingerprint density at radius 2 is 1.92 bits per heavy atom. The smallest absolute Gasteiger partial charge is 0.222 e. The van der Waals surface area contributed by atoms with Crippen LogP contribution in [-0.2, 0) is 17.8 Å².